The van der Waals surface area contributed by atoms with Gasteiger partial charge in [0.05, 0.1) is 0 Å². The molecule has 1 aromatic carbocycles. The van der Waals surface area contributed by atoms with Gasteiger partial charge in [-0.25, -0.2) is 13.2 Å². The molecule has 1 unspecified atom stereocenters. The third kappa shape index (κ3) is 7.48. The summed E-state index contributed by atoms with van der Waals surface area (Å²) in [5.41, 5.74) is 0.287. The number of rotatable bonds is 6. The highest BCUT2D eigenvalue weighted by atomic mass is 32.2. The van der Waals surface area contributed by atoms with Gasteiger partial charge in [0.2, 0.25) is 10.0 Å². The first kappa shape index (κ1) is 23.4. The molecule has 1 heterocycles. The number of piperidine rings is 1. The summed E-state index contributed by atoms with van der Waals surface area (Å²) in [6.45, 7) is 10.8. The van der Waals surface area contributed by atoms with E-state index in [-0.39, 0.29) is 18.1 Å². The lowest BCUT2D eigenvalue weighted by molar-refractivity contribution is 0.0138. The van der Waals surface area contributed by atoms with Gasteiger partial charge in [0.25, 0.3) is 0 Å². The molecular formula is C22H34N2O4S. The monoisotopic (exact) mass is 422 g/mol. The van der Waals surface area contributed by atoms with Gasteiger partial charge in [-0.15, -0.1) is 0 Å². The summed E-state index contributed by atoms with van der Waals surface area (Å²) in [5, 5.41) is 1.28. The number of hydrogen-bond acceptors (Lipinski definition) is 4. The van der Waals surface area contributed by atoms with Gasteiger partial charge in [0, 0.05) is 31.1 Å². The highest BCUT2D eigenvalue weighted by molar-refractivity contribution is 7.92. The van der Waals surface area contributed by atoms with Crippen LogP contribution in [0.25, 0.3) is 6.08 Å². The Bertz CT molecular complexity index is 798. The normalized spacial score (nSPS) is 18.9. The molecular weight excluding hydrogens is 388 g/mol. The van der Waals surface area contributed by atoms with Gasteiger partial charge >= 0.3 is 6.09 Å². The third-order valence-electron chi connectivity index (χ3n) is 4.78. The van der Waals surface area contributed by atoms with E-state index in [1.54, 1.807) is 11.0 Å². The molecule has 1 atom stereocenters. The largest absolute Gasteiger partial charge is 0.444 e. The van der Waals surface area contributed by atoms with Crippen molar-refractivity contribution in [3.05, 3.63) is 41.3 Å². The SMILES string of the molecule is CC(C)N(CC1CCCN(S(=O)(=O)/C=C/c2ccccc2)C1)C(=O)OC(C)(C)C. The molecule has 1 amide bonds. The van der Waals surface area contributed by atoms with Crippen molar-refractivity contribution in [2.75, 3.05) is 19.6 Å². The smallest absolute Gasteiger partial charge is 0.410 e. The molecule has 0 bridgehead atoms. The van der Waals surface area contributed by atoms with Gasteiger partial charge in [-0.3, -0.25) is 0 Å². The topological polar surface area (TPSA) is 66.9 Å². The van der Waals surface area contributed by atoms with Gasteiger partial charge in [-0.05, 0) is 65.0 Å². The van der Waals surface area contributed by atoms with Gasteiger partial charge in [-0.2, -0.15) is 4.31 Å². The van der Waals surface area contributed by atoms with Crippen LogP contribution in [0, 0.1) is 5.92 Å². The van der Waals surface area contributed by atoms with Gasteiger partial charge in [0.15, 0.2) is 0 Å². The fourth-order valence-corrected chi connectivity index (χ4v) is 4.62. The van der Waals surface area contributed by atoms with Crippen LogP contribution in [-0.2, 0) is 14.8 Å². The summed E-state index contributed by atoms with van der Waals surface area (Å²) in [6.07, 6.45) is 2.94. The van der Waals surface area contributed by atoms with E-state index in [0.29, 0.717) is 19.6 Å². The summed E-state index contributed by atoms with van der Waals surface area (Å²) in [5.74, 6) is 0.0820. The molecule has 7 heteroatoms. The minimum atomic E-state index is -3.50. The van der Waals surface area contributed by atoms with E-state index in [2.05, 4.69) is 0 Å². The second-order valence-corrected chi connectivity index (χ2v) is 10.7. The Morgan fingerprint density at radius 2 is 1.93 bits per heavy atom. The van der Waals surface area contributed by atoms with Crippen molar-refractivity contribution >= 4 is 22.2 Å². The first-order valence-corrected chi connectivity index (χ1v) is 11.7. The lowest BCUT2D eigenvalue weighted by atomic mass is 9.98. The van der Waals surface area contributed by atoms with Crippen molar-refractivity contribution in [1.82, 2.24) is 9.21 Å². The second-order valence-electron chi connectivity index (χ2n) is 8.85. The fraction of sp³-hybridized carbons (Fsp3) is 0.591. The molecule has 0 aliphatic carbocycles. The van der Waals surface area contributed by atoms with Crippen LogP contribution in [0.5, 0.6) is 0 Å². The maximum atomic E-state index is 12.8. The van der Waals surface area contributed by atoms with Crippen molar-refractivity contribution < 1.29 is 17.9 Å². The molecule has 0 radical (unpaired) electrons. The second kappa shape index (κ2) is 9.76. The maximum absolute atomic E-state index is 12.8. The molecule has 162 valence electrons. The summed E-state index contributed by atoms with van der Waals surface area (Å²) in [7, 11) is -3.50. The zero-order valence-electron chi connectivity index (χ0n) is 18.2. The molecule has 1 aliphatic heterocycles. The summed E-state index contributed by atoms with van der Waals surface area (Å²) in [4.78, 5) is 14.3. The third-order valence-corrected chi connectivity index (χ3v) is 6.31. The maximum Gasteiger partial charge on any atom is 0.410 e. The van der Waals surface area contributed by atoms with Crippen LogP contribution in [0.4, 0.5) is 4.79 Å². The number of carbonyl (C=O) groups excluding carboxylic acids is 1. The summed E-state index contributed by atoms with van der Waals surface area (Å²) in [6, 6.07) is 9.36. The Morgan fingerprint density at radius 3 is 2.52 bits per heavy atom. The molecule has 6 nitrogen and oxygen atoms in total. The number of nitrogens with zero attached hydrogens (tertiary/aromatic N) is 2. The number of sulfonamides is 1. The Hall–Kier alpha value is -1.86. The first-order chi connectivity index (χ1) is 13.5. The lowest BCUT2D eigenvalue weighted by Gasteiger charge is -2.36. The highest BCUT2D eigenvalue weighted by Crippen LogP contribution is 2.23. The standard InChI is InChI=1S/C22H34N2O4S/c1-18(2)24(21(25)28-22(3,4)5)17-20-12-9-14-23(16-20)29(26,27)15-13-19-10-7-6-8-11-19/h6-8,10-11,13,15,18,20H,9,12,14,16-17H2,1-5H3/b15-13+. The van der Waals surface area contributed by atoms with Crippen LogP contribution in [-0.4, -0.2) is 55.0 Å². The average Bonchev–Trinajstić information content (AvgIpc) is 2.64. The van der Waals surface area contributed by atoms with E-state index in [1.165, 1.54) is 9.71 Å². The molecule has 29 heavy (non-hydrogen) atoms. The van der Waals surface area contributed by atoms with E-state index in [0.717, 1.165) is 18.4 Å². The molecule has 1 saturated heterocycles. The minimum Gasteiger partial charge on any atom is -0.444 e. The van der Waals surface area contributed by atoms with Crippen LogP contribution >= 0.6 is 0 Å². The number of carbonyl (C=O) groups is 1. The molecule has 1 aliphatic rings. The molecule has 0 N–H and O–H groups in total. The van der Waals surface area contributed by atoms with E-state index in [9.17, 15) is 13.2 Å². The molecule has 0 saturated carbocycles. The van der Waals surface area contributed by atoms with E-state index in [4.69, 9.17) is 4.74 Å². The van der Waals surface area contributed by atoms with Crippen molar-refractivity contribution in [3.63, 3.8) is 0 Å². The van der Waals surface area contributed by atoms with Crippen LogP contribution in [0.15, 0.2) is 35.7 Å². The van der Waals surface area contributed by atoms with Gasteiger partial charge < -0.3 is 9.64 Å². The van der Waals surface area contributed by atoms with E-state index < -0.39 is 15.6 Å². The summed E-state index contributed by atoms with van der Waals surface area (Å²) >= 11 is 0. The average molecular weight is 423 g/mol. The lowest BCUT2D eigenvalue weighted by Crippen LogP contribution is -2.47. The molecule has 1 aromatic rings. The van der Waals surface area contributed by atoms with Crippen molar-refractivity contribution in [1.29, 1.82) is 0 Å². The molecule has 0 spiro atoms. The Labute approximate surface area is 175 Å². The van der Waals surface area contributed by atoms with Crippen molar-refractivity contribution in [3.8, 4) is 0 Å². The molecule has 1 fully saturated rings. The van der Waals surface area contributed by atoms with Crippen molar-refractivity contribution in [2.24, 2.45) is 5.92 Å². The Morgan fingerprint density at radius 1 is 1.28 bits per heavy atom. The van der Waals surface area contributed by atoms with E-state index >= 15 is 0 Å². The predicted molar refractivity (Wildman–Crippen MR) is 117 cm³/mol. The Balaban J connectivity index is 2.05. The zero-order valence-corrected chi connectivity index (χ0v) is 19.0. The van der Waals surface area contributed by atoms with Gasteiger partial charge in [0.1, 0.15) is 5.60 Å². The highest BCUT2D eigenvalue weighted by Gasteiger charge is 2.31. The minimum absolute atomic E-state index is 0.0187. The molecule has 2 rings (SSSR count). The van der Waals surface area contributed by atoms with Crippen LogP contribution in [0.2, 0.25) is 0 Å². The first-order valence-electron chi connectivity index (χ1n) is 10.2. The van der Waals surface area contributed by atoms with Crippen molar-refractivity contribution in [2.45, 2.75) is 59.1 Å². The fourth-order valence-electron chi connectivity index (χ4n) is 3.32. The van der Waals surface area contributed by atoms with Crippen LogP contribution < -0.4 is 0 Å². The quantitative estimate of drug-likeness (QED) is 0.684. The predicted octanol–water partition coefficient (Wildman–Crippen LogP) is 4.34. The number of benzene rings is 1. The van der Waals surface area contributed by atoms with Gasteiger partial charge in [-0.1, -0.05) is 30.3 Å². The number of hydrogen-bond donors (Lipinski definition) is 0. The van der Waals surface area contributed by atoms with Crippen LogP contribution in [0.3, 0.4) is 0 Å². The van der Waals surface area contributed by atoms with Crippen LogP contribution in [0.1, 0.15) is 53.0 Å². The zero-order chi connectivity index (χ0) is 21.7. The number of amides is 1. The Kier molecular flexibility index (Phi) is 7.88. The number of ether oxygens (including phenoxy) is 1. The summed E-state index contributed by atoms with van der Waals surface area (Å²) < 4.78 is 32.6. The van der Waals surface area contributed by atoms with E-state index in [1.807, 2.05) is 65.0 Å². The molecule has 0 aromatic heterocycles.